The molecule has 0 bridgehead atoms. The van der Waals surface area contributed by atoms with Crippen LogP contribution in [0.3, 0.4) is 0 Å². The van der Waals surface area contributed by atoms with Crippen molar-refractivity contribution in [3.05, 3.63) is 65.9 Å². The van der Waals surface area contributed by atoms with Crippen LogP contribution in [-0.2, 0) is 26.8 Å². The Morgan fingerprint density at radius 3 is 2.67 bits per heavy atom. The lowest BCUT2D eigenvalue weighted by Crippen LogP contribution is -2.13. The normalized spacial score (nSPS) is 12.2. The second kappa shape index (κ2) is 8.89. The van der Waals surface area contributed by atoms with E-state index in [2.05, 4.69) is 4.57 Å². The SMILES string of the molecule is CCCO[PH](=O)Oc1ccc2c(c1)c(CC(N)=O)cn2Cc1ccccc1. The third-order valence-electron chi connectivity index (χ3n) is 4.12. The molecular weight excluding hydrogens is 363 g/mol. The van der Waals surface area contributed by atoms with E-state index < -0.39 is 14.2 Å². The van der Waals surface area contributed by atoms with Crippen molar-refractivity contribution in [2.24, 2.45) is 5.73 Å². The Bertz CT molecular complexity index is 953. The molecule has 1 amide bonds. The Kier molecular flexibility index (Phi) is 6.32. The molecule has 0 saturated carbocycles. The highest BCUT2D eigenvalue weighted by Crippen LogP contribution is 2.32. The van der Waals surface area contributed by atoms with Crippen LogP contribution in [0, 0.1) is 0 Å². The lowest BCUT2D eigenvalue weighted by Gasteiger charge is -2.08. The molecule has 0 fully saturated rings. The number of amides is 1. The monoisotopic (exact) mass is 386 g/mol. The van der Waals surface area contributed by atoms with E-state index >= 15 is 0 Å². The maximum atomic E-state index is 11.9. The van der Waals surface area contributed by atoms with Gasteiger partial charge in [-0.3, -0.25) is 4.79 Å². The minimum atomic E-state index is -2.60. The average Bonchev–Trinajstić information content (AvgIpc) is 2.97. The Labute approximate surface area is 158 Å². The van der Waals surface area contributed by atoms with Crippen LogP contribution in [0.1, 0.15) is 24.5 Å². The van der Waals surface area contributed by atoms with Gasteiger partial charge in [-0.2, -0.15) is 0 Å². The molecule has 0 aliphatic rings. The number of aromatic nitrogens is 1. The lowest BCUT2D eigenvalue weighted by molar-refractivity contribution is -0.117. The van der Waals surface area contributed by atoms with Crippen molar-refractivity contribution in [3.63, 3.8) is 0 Å². The molecule has 27 heavy (non-hydrogen) atoms. The van der Waals surface area contributed by atoms with Crippen LogP contribution in [-0.4, -0.2) is 17.1 Å². The van der Waals surface area contributed by atoms with Gasteiger partial charge in [-0.15, -0.1) is 0 Å². The molecule has 1 unspecified atom stereocenters. The predicted molar refractivity (Wildman–Crippen MR) is 106 cm³/mol. The van der Waals surface area contributed by atoms with Gasteiger partial charge in [0.25, 0.3) is 0 Å². The van der Waals surface area contributed by atoms with Gasteiger partial charge in [-0.05, 0) is 35.7 Å². The van der Waals surface area contributed by atoms with E-state index in [0.717, 1.165) is 28.5 Å². The highest BCUT2D eigenvalue weighted by Gasteiger charge is 2.13. The molecule has 1 aromatic heterocycles. The summed E-state index contributed by atoms with van der Waals surface area (Å²) in [5.41, 5.74) is 8.33. The number of nitrogens with zero attached hydrogens (tertiary/aromatic N) is 1. The number of carbonyl (C=O) groups excluding carboxylic acids is 1. The smallest absolute Gasteiger partial charge is 0.367 e. The zero-order chi connectivity index (χ0) is 19.2. The summed E-state index contributed by atoms with van der Waals surface area (Å²) in [6.07, 6.45) is 2.83. The molecule has 0 aliphatic heterocycles. The summed E-state index contributed by atoms with van der Waals surface area (Å²) in [7, 11) is -2.60. The van der Waals surface area contributed by atoms with Crippen LogP contribution in [0.5, 0.6) is 5.75 Å². The molecule has 0 spiro atoms. The molecule has 0 saturated heterocycles. The molecule has 7 heteroatoms. The third kappa shape index (κ3) is 5.00. The molecule has 1 heterocycles. The van der Waals surface area contributed by atoms with E-state index in [1.165, 1.54) is 0 Å². The van der Waals surface area contributed by atoms with Crippen molar-refractivity contribution in [1.82, 2.24) is 4.57 Å². The first-order valence-electron chi connectivity index (χ1n) is 8.85. The summed E-state index contributed by atoms with van der Waals surface area (Å²) < 4.78 is 24.5. The summed E-state index contributed by atoms with van der Waals surface area (Å²) in [6, 6.07) is 15.5. The number of fused-ring (bicyclic) bond motifs is 1. The van der Waals surface area contributed by atoms with E-state index in [1.54, 1.807) is 12.1 Å². The topological polar surface area (TPSA) is 83.6 Å². The summed E-state index contributed by atoms with van der Waals surface area (Å²) in [6.45, 7) is 3.00. The molecule has 142 valence electrons. The second-order valence-electron chi connectivity index (χ2n) is 6.29. The molecular formula is C20H23N2O4P. The predicted octanol–water partition coefficient (Wildman–Crippen LogP) is 3.91. The molecule has 1 atom stereocenters. The first kappa shape index (κ1) is 19.2. The van der Waals surface area contributed by atoms with Crippen LogP contribution >= 0.6 is 8.25 Å². The zero-order valence-corrected chi connectivity index (χ0v) is 16.2. The molecule has 2 N–H and O–H groups in total. The molecule has 3 aromatic rings. The lowest BCUT2D eigenvalue weighted by atomic mass is 10.1. The number of nitrogens with two attached hydrogens (primary N) is 1. The van der Waals surface area contributed by atoms with Gasteiger partial charge in [0.1, 0.15) is 5.75 Å². The Hall–Kier alpha value is -2.56. The number of hydrogen-bond acceptors (Lipinski definition) is 4. The molecule has 0 aliphatic carbocycles. The number of benzene rings is 2. The Morgan fingerprint density at radius 1 is 1.19 bits per heavy atom. The van der Waals surface area contributed by atoms with E-state index in [1.807, 2.05) is 49.5 Å². The number of rotatable bonds is 9. The van der Waals surface area contributed by atoms with Gasteiger partial charge in [-0.1, -0.05) is 37.3 Å². The average molecular weight is 386 g/mol. The first-order valence-corrected chi connectivity index (χ1v) is 10.1. The van der Waals surface area contributed by atoms with Gasteiger partial charge in [0.15, 0.2) is 0 Å². The highest BCUT2D eigenvalue weighted by molar-refractivity contribution is 7.33. The summed E-state index contributed by atoms with van der Waals surface area (Å²) in [5, 5.41) is 0.854. The van der Waals surface area contributed by atoms with Gasteiger partial charge in [-0.25, -0.2) is 4.57 Å². The molecule has 2 aromatic carbocycles. The highest BCUT2D eigenvalue weighted by atomic mass is 31.1. The number of hydrogen-bond donors (Lipinski definition) is 1. The number of primary amides is 1. The first-order chi connectivity index (χ1) is 13.1. The van der Waals surface area contributed by atoms with Crippen LogP contribution < -0.4 is 10.3 Å². The second-order valence-corrected chi connectivity index (χ2v) is 7.28. The molecule has 0 radical (unpaired) electrons. The largest absolute Gasteiger partial charge is 0.426 e. The maximum Gasteiger partial charge on any atom is 0.367 e. The van der Waals surface area contributed by atoms with Crippen molar-refractivity contribution in [3.8, 4) is 5.75 Å². The van der Waals surface area contributed by atoms with E-state index in [-0.39, 0.29) is 6.42 Å². The fourth-order valence-electron chi connectivity index (χ4n) is 2.96. The zero-order valence-electron chi connectivity index (χ0n) is 15.2. The van der Waals surface area contributed by atoms with Gasteiger partial charge in [0.05, 0.1) is 13.0 Å². The van der Waals surface area contributed by atoms with Crippen molar-refractivity contribution in [2.45, 2.75) is 26.3 Å². The van der Waals surface area contributed by atoms with Crippen LogP contribution in [0.2, 0.25) is 0 Å². The van der Waals surface area contributed by atoms with Crippen LogP contribution in [0.25, 0.3) is 10.9 Å². The number of carbonyl (C=O) groups is 1. The van der Waals surface area contributed by atoms with Gasteiger partial charge in [0.2, 0.25) is 5.91 Å². The van der Waals surface area contributed by atoms with Gasteiger partial charge < -0.3 is 19.3 Å². The Balaban J connectivity index is 1.93. The van der Waals surface area contributed by atoms with Crippen molar-refractivity contribution >= 4 is 25.1 Å². The maximum absolute atomic E-state index is 11.9. The van der Waals surface area contributed by atoms with Crippen LogP contribution in [0.15, 0.2) is 54.7 Å². The van der Waals surface area contributed by atoms with Crippen molar-refractivity contribution in [1.29, 1.82) is 0 Å². The summed E-state index contributed by atoms with van der Waals surface area (Å²) in [4.78, 5) is 11.5. The molecule has 6 nitrogen and oxygen atoms in total. The Morgan fingerprint density at radius 2 is 1.96 bits per heavy atom. The van der Waals surface area contributed by atoms with Gasteiger partial charge >= 0.3 is 8.25 Å². The summed E-state index contributed by atoms with van der Waals surface area (Å²) >= 11 is 0. The van der Waals surface area contributed by atoms with E-state index in [4.69, 9.17) is 14.8 Å². The third-order valence-corrected chi connectivity index (χ3v) is 4.96. The quantitative estimate of drug-likeness (QED) is 0.565. The fourth-order valence-corrected chi connectivity index (χ4v) is 3.71. The summed E-state index contributed by atoms with van der Waals surface area (Å²) in [5.74, 6) is 0.0469. The van der Waals surface area contributed by atoms with Crippen molar-refractivity contribution < 1.29 is 18.4 Å². The van der Waals surface area contributed by atoms with Crippen molar-refractivity contribution in [2.75, 3.05) is 6.61 Å². The van der Waals surface area contributed by atoms with E-state index in [0.29, 0.717) is 18.9 Å². The fraction of sp³-hybridized carbons (Fsp3) is 0.250. The van der Waals surface area contributed by atoms with E-state index in [9.17, 15) is 9.36 Å². The molecule has 3 rings (SSSR count). The van der Waals surface area contributed by atoms with Crippen LogP contribution in [0.4, 0.5) is 0 Å². The van der Waals surface area contributed by atoms with Gasteiger partial charge in [0, 0.05) is 23.6 Å². The minimum Gasteiger partial charge on any atom is -0.426 e. The standard InChI is InChI=1S/C20H23N2O4P/c1-2-10-25-27(24)26-17-8-9-19-18(12-17)16(11-20(21)23)14-22(19)13-15-6-4-3-5-7-15/h3-9,12,14,27H,2,10-11,13H2,1H3,(H2,21,23). The minimum absolute atomic E-state index is 0.128.